The molecule has 0 radical (unpaired) electrons. The van der Waals surface area contributed by atoms with Crippen LogP contribution in [0.1, 0.15) is 31.2 Å². The van der Waals surface area contributed by atoms with Crippen LogP contribution in [-0.4, -0.2) is 65.0 Å². The first kappa shape index (κ1) is 22.1. The number of aliphatic imine (C=N–C) groups is 1. The lowest BCUT2D eigenvalue weighted by Crippen LogP contribution is -2.49. The summed E-state index contributed by atoms with van der Waals surface area (Å²) < 4.78 is 12.4. The summed E-state index contributed by atoms with van der Waals surface area (Å²) in [6.07, 6.45) is 9.67. The Balaban J connectivity index is 1.43. The molecule has 34 heavy (non-hydrogen) atoms. The number of fused-ring (bicyclic) bond motifs is 2. The normalized spacial score (nSPS) is 17.4. The molecule has 2 aliphatic heterocycles. The van der Waals surface area contributed by atoms with E-state index in [-0.39, 0.29) is 0 Å². The van der Waals surface area contributed by atoms with Crippen LogP contribution in [0, 0.1) is 0 Å². The lowest BCUT2D eigenvalue weighted by atomic mass is 10.1. The van der Waals surface area contributed by atoms with Gasteiger partial charge in [0.05, 0.1) is 12.2 Å². The number of pyridine rings is 1. The summed E-state index contributed by atoms with van der Waals surface area (Å²) in [6.45, 7) is 4.77. The molecule has 1 saturated heterocycles. The molecule has 176 valence electrons. The van der Waals surface area contributed by atoms with Crippen LogP contribution in [0.15, 0.2) is 66.0 Å². The van der Waals surface area contributed by atoms with Crippen molar-refractivity contribution in [1.29, 1.82) is 0 Å². The Kier molecular flexibility index (Phi) is 7.13. The van der Waals surface area contributed by atoms with Gasteiger partial charge in [0.15, 0.2) is 11.5 Å². The molecular formula is C26H30N6O2. The third kappa shape index (κ3) is 5.27. The number of benzene rings is 1. The molecule has 1 fully saturated rings. The lowest BCUT2D eigenvalue weighted by molar-refractivity contribution is 0.290. The number of hydrogen-bond donors (Lipinski definition) is 0. The van der Waals surface area contributed by atoms with Gasteiger partial charge < -0.3 is 19.3 Å². The summed E-state index contributed by atoms with van der Waals surface area (Å²) in [4.78, 5) is 23.0. The van der Waals surface area contributed by atoms with E-state index in [1.54, 1.807) is 18.6 Å². The zero-order valence-electron chi connectivity index (χ0n) is 19.3. The van der Waals surface area contributed by atoms with Gasteiger partial charge in [-0.1, -0.05) is 18.6 Å². The minimum absolute atomic E-state index is 0.545. The minimum atomic E-state index is 0.545. The van der Waals surface area contributed by atoms with Crippen molar-refractivity contribution in [3.8, 4) is 17.4 Å². The highest BCUT2D eigenvalue weighted by atomic mass is 16.5. The van der Waals surface area contributed by atoms with E-state index in [0.29, 0.717) is 18.2 Å². The summed E-state index contributed by atoms with van der Waals surface area (Å²) >= 11 is 0. The molecule has 0 saturated carbocycles. The standard InChI is InChI=1S/C26H30N6O2/c1-2-6-20-33-22-10-3-4-11-23(22)34-25-21(9-7-13-28-25)24(27-12-5-1)31-16-18-32(19-17-31)26-29-14-8-15-30-26/h3-4,7-11,13-15H,1-2,5-6,12,16-20H2. The van der Waals surface area contributed by atoms with Gasteiger partial charge in [-0.2, -0.15) is 0 Å². The average molecular weight is 459 g/mol. The Labute approximate surface area is 200 Å². The average Bonchev–Trinajstić information content (AvgIpc) is 2.90. The number of rotatable bonds is 1. The number of anilines is 1. The fourth-order valence-electron chi connectivity index (χ4n) is 4.26. The van der Waals surface area contributed by atoms with Crippen LogP contribution in [0.2, 0.25) is 0 Å². The SMILES string of the molecule is c1cnc(N2CCN(C3=NCCCCCCOc4ccccc4Oc4ncccc43)CC2)nc1. The van der Waals surface area contributed by atoms with Crippen LogP contribution in [0.4, 0.5) is 5.95 Å². The topological polar surface area (TPSA) is 76.0 Å². The van der Waals surface area contributed by atoms with Gasteiger partial charge in [0.25, 0.3) is 0 Å². The Hall–Kier alpha value is -3.68. The van der Waals surface area contributed by atoms with Crippen molar-refractivity contribution in [3.05, 3.63) is 66.6 Å². The summed E-state index contributed by atoms with van der Waals surface area (Å²) in [6, 6.07) is 13.6. The third-order valence-corrected chi connectivity index (χ3v) is 6.05. The summed E-state index contributed by atoms with van der Waals surface area (Å²) in [7, 11) is 0. The lowest BCUT2D eigenvalue weighted by Gasteiger charge is -2.36. The van der Waals surface area contributed by atoms with Crippen LogP contribution >= 0.6 is 0 Å². The van der Waals surface area contributed by atoms with E-state index in [9.17, 15) is 0 Å². The maximum atomic E-state index is 6.32. The molecular weight excluding hydrogens is 428 g/mol. The van der Waals surface area contributed by atoms with Crippen LogP contribution in [0.5, 0.6) is 17.4 Å². The molecule has 0 amide bonds. The first-order valence-electron chi connectivity index (χ1n) is 12.0. The van der Waals surface area contributed by atoms with Crippen LogP contribution in [-0.2, 0) is 0 Å². The van der Waals surface area contributed by atoms with Crippen molar-refractivity contribution in [2.24, 2.45) is 4.99 Å². The fourth-order valence-corrected chi connectivity index (χ4v) is 4.26. The van der Waals surface area contributed by atoms with Crippen molar-refractivity contribution in [3.63, 3.8) is 0 Å². The van der Waals surface area contributed by atoms with E-state index in [0.717, 1.165) is 81.5 Å². The Bertz CT molecular complexity index is 1100. The number of aromatic nitrogens is 3. The highest BCUT2D eigenvalue weighted by Crippen LogP contribution is 2.33. The van der Waals surface area contributed by atoms with E-state index in [4.69, 9.17) is 14.5 Å². The van der Waals surface area contributed by atoms with Crippen molar-refractivity contribution in [1.82, 2.24) is 19.9 Å². The van der Waals surface area contributed by atoms with Crippen molar-refractivity contribution < 1.29 is 9.47 Å². The quantitative estimate of drug-likeness (QED) is 0.541. The van der Waals surface area contributed by atoms with Gasteiger partial charge in [-0.05, 0) is 49.6 Å². The Morgan fingerprint density at radius 2 is 1.41 bits per heavy atom. The maximum absolute atomic E-state index is 6.32. The van der Waals surface area contributed by atoms with E-state index >= 15 is 0 Å². The molecule has 1 aromatic carbocycles. The predicted molar refractivity (Wildman–Crippen MR) is 132 cm³/mol. The molecule has 8 nitrogen and oxygen atoms in total. The van der Waals surface area contributed by atoms with Crippen molar-refractivity contribution >= 4 is 11.8 Å². The molecule has 0 atom stereocenters. The van der Waals surface area contributed by atoms with Gasteiger partial charge in [-0.3, -0.25) is 4.99 Å². The van der Waals surface area contributed by atoms with Gasteiger partial charge in [0.1, 0.15) is 5.84 Å². The Morgan fingerprint density at radius 3 is 2.26 bits per heavy atom. The second kappa shape index (κ2) is 11.0. The molecule has 0 aliphatic carbocycles. The molecule has 3 aromatic rings. The number of amidine groups is 1. The molecule has 0 N–H and O–H groups in total. The van der Waals surface area contributed by atoms with Gasteiger partial charge in [-0.15, -0.1) is 0 Å². The van der Waals surface area contributed by atoms with Crippen molar-refractivity contribution in [2.45, 2.75) is 25.7 Å². The largest absolute Gasteiger partial charge is 0.490 e. The van der Waals surface area contributed by atoms with E-state index < -0.39 is 0 Å². The smallest absolute Gasteiger partial charge is 0.230 e. The minimum Gasteiger partial charge on any atom is -0.490 e. The number of hydrogen-bond acceptors (Lipinski definition) is 8. The maximum Gasteiger partial charge on any atom is 0.230 e. The summed E-state index contributed by atoms with van der Waals surface area (Å²) in [5.74, 6) is 3.67. The van der Waals surface area contributed by atoms with Gasteiger partial charge >= 0.3 is 0 Å². The first-order valence-corrected chi connectivity index (χ1v) is 12.0. The molecule has 8 heteroatoms. The zero-order chi connectivity index (χ0) is 23.0. The Morgan fingerprint density at radius 1 is 0.676 bits per heavy atom. The fraction of sp³-hybridized carbons (Fsp3) is 0.385. The molecule has 2 aliphatic rings. The monoisotopic (exact) mass is 458 g/mol. The molecule has 5 rings (SSSR count). The van der Waals surface area contributed by atoms with Gasteiger partial charge in [-0.25, -0.2) is 15.0 Å². The number of nitrogens with zero attached hydrogens (tertiary/aromatic N) is 6. The summed E-state index contributed by atoms with van der Waals surface area (Å²) in [5, 5.41) is 0. The van der Waals surface area contributed by atoms with E-state index in [2.05, 4.69) is 24.8 Å². The van der Waals surface area contributed by atoms with E-state index in [1.165, 1.54) is 0 Å². The number of piperazine rings is 1. The first-order chi connectivity index (χ1) is 16.9. The number of para-hydroxylation sites is 2. The number of ether oxygens (including phenoxy) is 2. The molecule has 0 unspecified atom stereocenters. The van der Waals surface area contributed by atoms with Crippen molar-refractivity contribution in [2.75, 3.05) is 44.2 Å². The van der Waals surface area contributed by atoms with Gasteiger partial charge in [0, 0.05) is 51.3 Å². The molecule has 4 heterocycles. The predicted octanol–water partition coefficient (Wildman–Crippen LogP) is 4.19. The molecule has 0 bridgehead atoms. The van der Waals surface area contributed by atoms with E-state index in [1.807, 2.05) is 42.5 Å². The second-order valence-electron chi connectivity index (χ2n) is 8.40. The molecule has 0 spiro atoms. The highest BCUT2D eigenvalue weighted by molar-refractivity contribution is 6.01. The second-order valence-corrected chi connectivity index (χ2v) is 8.40. The van der Waals surface area contributed by atoms with Gasteiger partial charge in [0.2, 0.25) is 11.8 Å². The van der Waals surface area contributed by atoms with Crippen LogP contribution in [0.3, 0.4) is 0 Å². The molecule has 2 aromatic heterocycles. The van der Waals surface area contributed by atoms with Crippen LogP contribution in [0.25, 0.3) is 0 Å². The van der Waals surface area contributed by atoms with Crippen LogP contribution < -0.4 is 14.4 Å². The summed E-state index contributed by atoms with van der Waals surface area (Å²) in [5.41, 5.74) is 0.902. The highest BCUT2D eigenvalue weighted by Gasteiger charge is 2.25. The third-order valence-electron chi connectivity index (χ3n) is 6.05. The zero-order valence-corrected chi connectivity index (χ0v) is 19.3.